The highest BCUT2D eigenvalue weighted by molar-refractivity contribution is 6.06. The molecule has 6 heteroatoms. The minimum absolute atomic E-state index is 0.0403. The fraction of sp³-hybridized carbons (Fsp3) is 0.412. The number of benzene rings is 1. The first-order valence-electron chi connectivity index (χ1n) is 7.67. The summed E-state index contributed by atoms with van der Waals surface area (Å²) >= 11 is 0. The zero-order valence-electron chi connectivity index (χ0n) is 13.1. The van der Waals surface area contributed by atoms with Crippen LogP contribution in [-0.4, -0.2) is 47.2 Å². The Morgan fingerprint density at radius 3 is 2.83 bits per heavy atom. The van der Waals surface area contributed by atoms with Crippen LogP contribution < -0.4 is 0 Å². The summed E-state index contributed by atoms with van der Waals surface area (Å²) in [6, 6.07) is 5.77. The SMILES string of the molecule is CCc1ccc2occ(C(=O)N3CC(C(=O)O)O[C@H](C)C3)c2c1. The summed E-state index contributed by atoms with van der Waals surface area (Å²) < 4.78 is 10.8. The van der Waals surface area contributed by atoms with E-state index >= 15 is 0 Å². The van der Waals surface area contributed by atoms with Crippen molar-refractivity contribution < 1.29 is 23.8 Å². The second-order valence-corrected chi connectivity index (χ2v) is 5.82. The first kappa shape index (κ1) is 15.6. The maximum absolute atomic E-state index is 12.8. The van der Waals surface area contributed by atoms with E-state index in [1.54, 1.807) is 6.92 Å². The van der Waals surface area contributed by atoms with Gasteiger partial charge in [0, 0.05) is 11.9 Å². The van der Waals surface area contributed by atoms with Gasteiger partial charge in [-0.3, -0.25) is 4.79 Å². The second-order valence-electron chi connectivity index (χ2n) is 5.82. The first-order valence-corrected chi connectivity index (χ1v) is 7.67. The van der Waals surface area contributed by atoms with Crippen molar-refractivity contribution in [2.75, 3.05) is 13.1 Å². The van der Waals surface area contributed by atoms with E-state index in [1.165, 1.54) is 11.2 Å². The Morgan fingerprint density at radius 1 is 1.35 bits per heavy atom. The van der Waals surface area contributed by atoms with Gasteiger partial charge in [-0.05, 0) is 31.0 Å². The minimum Gasteiger partial charge on any atom is -0.479 e. The summed E-state index contributed by atoms with van der Waals surface area (Å²) in [5.41, 5.74) is 2.24. The highest BCUT2D eigenvalue weighted by Crippen LogP contribution is 2.25. The van der Waals surface area contributed by atoms with Crippen molar-refractivity contribution in [2.45, 2.75) is 32.5 Å². The number of aliphatic carboxylic acids is 1. The van der Waals surface area contributed by atoms with Gasteiger partial charge in [-0.25, -0.2) is 4.79 Å². The van der Waals surface area contributed by atoms with Gasteiger partial charge in [-0.2, -0.15) is 0 Å². The van der Waals surface area contributed by atoms with E-state index < -0.39 is 12.1 Å². The van der Waals surface area contributed by atoms with Crippen molar-refractivity contribution in [1.82, 2.24) is 4.90 Å². The van der Waals surface area contributed by atoms with E-state index in [1.807, 2.05) is 25.1 Å². The van der Waals surface area contributed by atoms with Gasteiger partial charge in [-0.1, -0.05) is 13.0 Å². The lowest BCUT2D eigenvalue weighted by atomic mass is 10.1. The van der Waals surface area contributed by atoms with Crippen LogP contribution in [0.25, 0.3) is 11.0 Å². The molecule has 1 amide bonds. The number of carbonyl (C=O) groups excluding carboxylic acids is 1. The van der Waals surface area contributed by atoms with E-state index in [-0.39, 0.29) is 18.6 Å². The number of rotatable bonds is 3. The minimum atomic E-state index is -1.06. The topological polar surface area (TPSA) is 80.0 Å². The maximum Gasteiger partial charge on any atom is 0.334 e. The fourth-order valence-electron chi connectivity index (χ4n) is 2.89. The number of carboxylic acid groups (broad SMARTS) is 1. The van der Waals surface area contributed by atoms with E-state index in [4.69, 9.17) is 14.3 Å². The van der Waals surface area contributed by atoms with E-state index in [9.17, 15) is 9.59 Å². The number of nitrogens with zero attached hydrogens (tertiary/aromatic N) is 1. The first-order chi connectivity index (χ1) is 11.0. The van der Waals surface area contributed by atoms with Gasteiger partial charge in [0.1, 0.15) is 11.8 Å². The number of hydrogen-bond acceptors (Lipinski definition) is 4. The Bertz CT molecular complexity index is 751. The summed E-state index contributed by atoms with van der Waals surface area (Å²) in [5.74, 6) is -1.28. The number of carboxylic acids is 1. The molecule has 1 aromatic heterocycles. The third-order valence-electron chi connectivity index (χ3n) is 4.10. The highest BCUT2D eigenvalue weighted by atomic mass is 16.5. The third-order valence-corrected chi connectivity index (χ3v) is 4.10. The average molecular weight is 317 g/mol. The summed E-state index contributed by atoms with van der Waals surface area (Å²) in [5, 5.41) is 9.91. The van der Waals surface area contributed by atoms with Crippen molar-refractivity contribution in [3.8, 4) is 0 Å². The third kappa shape index (κ3) is 2.94. The Morgan fingerprint density at radius 2 is 2.13 bits per heavy atom. The Labute approximate surface area is 133 Å². The van der Waals surface area contributed by atoms with Gasteiger partial charge >= 0.3 is 5.97 Å². The van der Waals surface area contributed by atoms with Crippen LogP contribution in [0, 0.1) is 0 Å². The summed E-state index contributed by atoms with van der Waals surface area (Å²) in [7, 11) is 0. The Balaban J connectivity index is 1.92. The van der Waals surface area contributed by atoms with Crippen molar-refractivity contribution in [3.63, 3.8) is 0 Å². The molecule has 2 atom stereocenters. The molecule has 23 heavy (non-hydrogen) atoms. The van der Waals surface area contributed by atoms with Gasteiger partial charge in [-0.15, -0.1) is 0 Å². The molecule has 1 unspecified atom stereocenters. The number of amides is 1. The molecule has 2 heterocycles. The van der Waals surface area contributed by atoms with Crippen LogP contribution in [0.5, 0.6) is 0 Å². The van der Waals surface area contributed by atoms with E-state index in [0.717, 1.165) is 17.4 Å². The standard InChI is InChI=1S/C17H19NO5/c1-3-11-4-5-14-12(6-11)13(9-22-14)16(19)18-7-10(2)23-15(8-18)17(20)21/h4-6,9-10,15H,3,7-8H2,1-2H3,(H,20,21)/t10-,15?/m1/s1. The summed E-state index contributed by atoms with van der Waals surface area (Å²) in [6.45, 7) is 4.21. The largest absolute Gasteiger partial charge is 0.479 e. The molecule has 0 aliphatic carbocycles. The molecule has 1 aliphatic rings. The van der Waals surface area contributed by atoms with Crippen molar-refractivity contribution in [3.05, 3.63) is 35.6 Å². The molecule has 6 nitrogen and oxygen atoms in total. The fourth-order valence-corrected chi connectivity index (χ4v) is 2.89. The lowest BCUT2D eigenvalue weighted by Gasteiger charge is -2.34. The number of hydrogen-bond donors (Lipinski definition) is 1. The van der Waals surface area contributed by atoms with Gasteiger partial charge < -0.3 is 19.2 Å². The van der Waals surface area contributed by atoms with Gasteiger partial charge in [0.2, 0.25) is 0 Å². The number of fused-ring (bicyclic) bond motifs is 1. The average Bonchev–Trinajstić information content (AvgIpc) is 2.96. The molecule has 3 rings (SSSR count). The molecule has 0 spiro atoms. The Kier molecular flexibility index (Phi) is 4.09. The molecule has 2 aromatic rings. The van der Waals surface area contributed by atoms with Crippen LogP contribution >= 0.6 is 0 Å². The summed E-state index contributed by atoms with van der Waals surface area (Å²) in [4.78, 5) is 25.5. The van der Waals surface area contributed by atoms with E-state index in [2.05, 4.69) is 0 Å². The lowest BCUT2D eigenvalue weighted by molar-refractivity contribution is -0.160. The molecule has 0 radical (unpaired) electrons. The molecule has 1 saturated heterocycles. The van der Waals surface area contributed by atoms with Crippen molar-refractivity contribution in [2.24, 2.45) is 0 Å². The zero-order chi connectivity index (χ0) is 16.6. The normalized spacial score (nSPS) is 21.6. The molecule has 1 fully saturated rings. The number of carbonyl (C=O) groups is 2. The molecule has 1 N–H and O–H groups in total. The van der Waals surface area contributed by atoms with Gasteiger partial charge in [0.25, 0.3) is 5.91 Å². The van der Waals surface area contributed by atoms with Crippen molar-refractivity contribution >= 4 is 22.8 Å². The number of morpholine rings is 1. The molecule has 122 valence electrons. The highest BCUT2D eigenvalue weighted by Gasteiger charge is 2.33. The molecular weight excluding hydrogens is 298 g/mol. The van der Waals surface area contributed by atoms with Crippen LogP contribution in [0.4, 0.5) is 0 Å². The molecule has 0 saturated carbocycles. The maximum atomic E-state index is 12.8. The zero-order valence-corrected chi connectivity index (χ0v) is 13.1. The Hall–Kier alpha value is -2.34. The van der Waals surface area contributed by atoms with Crippen LogP contribution in [0.3, 0.4) is 0 Å². The van der Waals surface area contributed by atoms with Crippen molar-refractivity contribution in [1.29, 1.82) is 0 Å². The predicted molar refractivity (Wildman–Crippen MR) is 83.5 cm³/mol. The van der Waals surface area contributed by atoms with Crippen LogP contribution in [0.1, 0.15) is 29.8 Å². The van der Waals surface area contributed by atoms with Crippen LogP contribution in [-0.2, 0) is 16.0 Å². The number of ether oxygens (including phenoxy) is 1. The molecular formula is C17H19NO5. The quantitative estimate of drug-likeness (QED) is 0.939. The number of furan rings is 1. The molecule has 1 aliphatic heterocycles. The smallest absolute Gasteiger partial charge is 0.334 e. The summed E-state index contributed by atoms with van der Waals surface area (Å²) in [6.07, 6.45) is 0.998. The monoisotopic (exact) mass is 317 g/mol. The second kappa shape index (κ2) is 6.04. The molecule has 1 aromatic carbocycles. The van der Waals surface area contributed by atoms with Crippen LogP contribution in [0.15, 0.2) is 28.9 Å². The van der Waals surface area contributed by atoms with Crippen LogP contribution in [0.2, 0.25) is 0 Å². The number of aryl methyl sites for hydroxylation is 1. The van der Waals surface area contributed by atoms with Gasteiger partial charge in [0.15, 0.2) is 6.10 Å². The molecule has 0 bridgehead atoms. The lowest BCUT2D eigenvalue weighted by Crippen LogP contribution is -2.51. The van der Waals surface area contributed by atoms with E-state index in [0.29, 0.717) is 17.7 Å². The predicted octanol–water partition coefficient (Wildman–Crippen LogP) is 2.31. The van der Waals surface area contributed by atoms with Gasteiger partial charge in [0.05, 0.1) is 18.2 Å².